The van der Waals surface area contributed by atoms with E-state index >= 15 is 0 Å². The van der Waals surface area contributed by atoms with Gasteiger partial charge in [0.2, 0.25) is 53.2 Å². The number of carbonyl (C=O) groups is 10. The molecule has 0 saturated carbocycles. The number of nitrogens with two attached hydrogens (primary N) is 5. The number of benzene rings is 1. The average Bonchev–Trinajstić information content (AvgIpc) is 4.18. The Morgan fingerprint density at radius 3 is 1.89 bits per heavy atom. The Labute approximate surface area is 483 Å². The number of nitrogens with zero attached hydrogens (tertiary/aromatic N) is 2. The summed E-state index contributed by atoms with van der Waals surface area (Å²) in [5.41, 5.74) is 30.0. The number of hydrogen-bond donors (Lipinski definition) is 15. The molecule has 0 unspecified atom stereocenters. The number of fused-ring (bicyclic) bond motifs is 1. The molecule has 28 heteroatoms. The highest BCUT2D eigenvalue weighted by atomic mass is 32.2. The van der Waals surface area contributed by atoms with Crippen LogP contribution in [0.4, 0.5) is 0 Å². The number of unbranched alkanes of at least 4 members (excludes halogenated alkanes) is 1. The molecule has 26 nitrogen and oxygen atoms in total. The van der Waals surface area contributed by atoms with E-state index in [1.165, 1.54) is 16.7 Å². The van der Waals surface area contributed by atoms with Gasteiger partial charge in [-0.1, -0.05) is 52.3 Å². The van der Waals surface area contributed by atoms with Crippen molar-refractivity contribution in [1.82, 2.24) is 47.1 Å². The number of thioether (sulfide) groups is 1. The van der Waals surface area contributed by atoms with E-state index in [2.05, 4.69) is 59.8 Å². The maximum Gasteiger partial charge on any atom is 0.326 e. The number of guanidine groups is 1. The lowest BCUT2D eigenvalue weighted by Crippen LogP contribution is -2.61. The number of amides is 9. The van der Waals surface area contributed by atoms with Crippen LogP contribution in [0.15, 0.2) is 35.5 Å². The van der Waals surface area contributed by atoms with E-state index in [9.17, 15) is 53.1 Å². The van der Waals surface area contributed by atoms with Gasteiger partial charge in [-0.3, -0.25) is 48.1 Å². The first-order valence-corrected chi connectivity index (χ1v) is 29.6. The predicted octanol–water partition coefficient (Wildman–Crippen LogP) is -1.27. The third kappa shape index (κ3) is 22.7. The molecule has 0 spiro atoms. The molecule has 1 saturated heterocycles. The minimum Gasteiger partial charge on any atom is -0.480 e. The van der Waals surface area contributed by atoms with E-state index in [4.69, 9.17) is 28.7 Å². The molecule has 3 rings (SSSR count). The van der Waals surface area contributed by atoms with Gasteiger partial charge < -0.3 is 80.9 Å². The molecule has 2 aromatic rings. The molecule has 2 heterocycles. The van der Waals surface area contributed by atoms with Gasteiger partial charge in [0.05, 0.1) is 6.04 Å². The predicted molar refractivity (Wildman–Crippen MR) is 313 cm³/mol. The smallest absolute Gasteiger partial charge is 0.326 e. The number of aliphatic imine (C=N–C) groups is 1. The van der Waals surface area contributed by atoms with Gasteiger partial charge in [0.25, 0.3) is 0 Å². The molecule has 452 valence electrons. The summed E-state index contributed by atoms with van der Waals surface area (Å²) in [5, 5.41) is 29.6. The first-order valence-electron chi connectivity index (χ1n) is 27.6. The third-order valence-corrected chi connectivity index (χ3v) is 14.9. The van der Waals surface area contributed by atoms with Crippen LogP contribution < -0.4 is 65.9 Å². The number of primary amides is 1. The van der Waals surface area contributed by atoms with Gasteiger partial charge in [-0.05, 0) is 106 Å². The SMILES string of the molecule is CC[C@H](C)[C@H](NC(=O)[C@H](CCSC)NC(=O)[C@H](CCC(N)=O)NC(=O)[C@H](CCCCN)NC(=O)[C@H](CCCN=C(N)N)NC(=O)[C@H](CS)NC(=O)[C@@H]1CCCN1C(=O)[C@@H](N)CC(C)C)C(=O)N[C@@H](Cc1c[nH]c2ccccc12)C(=O)O. The van der Waals surface area contributed by atoms with Gasteiger partial charge in [0, 0.05) is 48.8 Å². The maximum atomic E-state index is 14.4. The number of hydrogen-bond acceptors (Lipinski definition) is 15. The third-order valence-electron chi connectivity index (χ3n) is 13.9. The number of carboxylic acids is 1. The Morgan fingerprint density at radius 2 is 1.33 bits per heavy atom. The highest BCUT2D eigenvalue weighted by Gasteiger charge is 2.39. The Kier molecular flexibility index (Phi) is 29.9. The largest absolute Gasteiger partial charge is 0.480 e. The van der Waals surface area contributed by atoms with Crippen LogP contribution >= 0.6 is 24.4 Å². The number of aromatic amines is 1. The van der Waals surface area contributed by atoms with Gasteiger partial charge in [-0.2, -0.15) is 24.4 Å². The topological polar surface area (TPSA) is 437 Å². The number of carboxylic acid groups (broad SMARTS) is 1. The molecular weight excluding hydrogens is 1090 g/mol. The first kappa shape index (κ1) is 68.6. The van der Waals surface area contributed by atoms with Crippen LogP contribution in [-0.2, 0) is 54.4 Å². The number of H-pyrrole nitrogens is 1. The van der Waals surface area contributed by atoms with Crippen molar-refractivity contribution in [3.8, 4) is 0 Å². The molecule has 10 atom stereocenters. The minimum absolute atomic E-state index is 0.0112. The summed E-state index contributed by atoms with van der Waals surface area (Å²) in [6.45, 7) is 7.93. The lowest BCUT2D eigenvalue weighted by Gasteiger charge is -2.29. The van der Waals surface area contributed by atoms with Gasteiger partial charge in [-0.25, -0.2) is 4.79 Å². The standard InChI is InChI=1S/C53H87N15O11S2/c1-6-30(4)43(50(76)65-39(52(78)79)26-31-27-60-34-14-8-7-13-32(31)34)67-47(73)38(20-24-81-5)64-46(72)37(18-19-42(56)69)63-44(70)35(15-9-10-21-54)61-45(71)36(16-11-22-59-53(57)58)62-48(74)40(28-80)66-49(75)41-17-12-23-68(41)51(77)33(55)25-29(2)3/h7-8,13-14,27,29-30,33,35-41,43,60,80H,6,9-12,15-26,28,54-55H2,1-5H3,(H2,56,69)(H,61,71)(H,62,74)(H,63,70)(H,64,72)(H,65,76)(H,66,75)(H,67,73)(H,78,79)(H4,57,58,59)/t30-,33-,35-,36-,37-,38-,39-,40-,41-,43-/m0/s1. The van der Waals surface area contributed by atoms with E-state index in [0.717, 1.165) is 10.9 Å². The highest BCUT2D eigenvalue weighted by molar-refractivity contribution is 7.98. The van der Waals surface area contributed by atoms with Crippen LogP contribution in [0.2, 0.25) is 0 Å². The number of nitrogens with one attached hydrogen (secondary N) is 8. The Hall–Kier alpha value is -6.65. The number of aromatic nitrogens is 1. The zero-order valence-corrected chi connectivity index (χ0v) is 48.8. The molecule has 1 fully saturated rings. The summed E-state index contributed by atoms with van der Waals surface area (Å²) in [7, 11) is 0. The van der Waals surface area contributed by atoms with E-state index in [0.29, 0.717) is 56.4 Å². The van der Waals surface area contributed by atoms with Crippen molar-refractivity contribution in [1.29, 1.82) is 0 Å². The summed E-state index contributed by atoms with van der Waals surface area (Å²) >= 11 is 5.67. The molecule has 0 aliphatic carbocycles. The van der Waals surface area contributed by atoms with E-state index in [1.54, 1.807) is 26.3 Å². The summed E-state index contributed by atoms with van der Waals surface area (Å²) in [5.74, 6) is -8.51. The fraction of sp³-hybridized carbons (Fsp3) is 0.642. The van der Waals surface area contributed by atoms with Gasteiger partial charge in [0.1, 0.15) is 48.3 Å². The van der Waals surface area contributed by atoms with E-state index in [-0.39, 0.29) is 75.2 Å². The molecule has 0 radical (unpaired) electrons. The van der Waals surface area contributed by atoms with Crippen LogP contribution in [0.1, 0.15) is 110 Å². The van der Waals surface area contributed by atoms with Crippen LogP contribution in [0.25, 0.3) is 10.9 Å². The molecular formula is C53H87N15O11S2. The zero-order valence-electron chi connectivity index (χ0n) is 47.1. The van der Waals surface area contributed by atoms with Gasteiger partial charge in [0.15, 0.2) is 5.96 Å². The Morgan fingerprint density at radius 1 is 0.765 bits per heavy atom. The molecule has 19 N–H and O–H groups in total. The van der Waals surface area contributed by atoms with E-state index in [1.807, 2.05) is 38.1 Å². The lowest BCUT2D eigenvalue weighted by atomic mass is 9.96. The molecule has 81 heavy (non-hydrogen) atoms. The molecule has 0 bridgehead atoms. The number of aliphatic carboxylic acids is 1. The average molecular weight is 1170 g/mol. The van der Waals surface area contributed by atoms with Crippen molar-refractivity contribution in [2.45, 2.75) is 166 Å². The van der Waals surface area contributed by atoms with Crippen molar-refractivity contribution < 1.29 is 53.1 Å². The summed E-state index contributed by atoms with van der Waals surface area (Å²) in [4.78, 5) is 145. The van der Waals surface area contributed by atoms with Crippen LogP contribution in [-0.4, -0.2) is 172 Å². The normalized spacial score (nSPS) is 16.5. The van der Waals surface area contributed by atoms with Crippen molar-refractivity contribution in [2.75, 3.05) is 37.4 Å². The quantitative estimate of drug-likeness (QED) is 0.0162. The van der Waals surface area contributed by atoms with Gasteiger partial charge >= 0.3 is 5.97 Å². The van der Waals surface area contributed by atoms with Crippen molar-refractivity contribution >= 4 is 100 Å². The fourth-order valence-electron chi connectivity index (χ4n) is 9.21. The molecule has 1 aliphatic heterocycles. The second kappa shape index (κ2) is 35.3. The van der Waals surface area contributed by atoms with Crippen LogP contribution in [0, 0.1) is 11.8 Å². The van der Waals surface area contributed by atoms with Crippen LogP contribution in [0.3, 0.4) is 0 Å². The van der Waals surface area contributed by atoms with Crippen molar-refractivity contribution in [3.63, 3.8) is 0 Å². The Balaban J connectivity index is 1.86. The number of likely N-dealkylation sites (tertiary alicyclic amines) is 1. The summed E-state index contributed by atoms with van der Waals surface area (Å²) in [6.07, 6.45) is 5.18. The molecule has 1 aliphatic rings. The second-order valence-corrected chi connectivity index (χ2v) is 22.1. The van der Waals surface area contributed by atoms with Crippen molar-refractivity contribution in [2.24, 2.45) is 45.5 Å². The lowest BCUT2D eigenvalue weighted by molar-refractivity contribution is -0.142. The number of thiol groups is 1. The van der Waals surface area contributed by atoms with Crippen molar-refractivity contribution in [3.05, 3.63) is 36.0 Å². The van der Waals surface area contributed by atoms with Gasteiger partial charge in [-0.15, -0.1) is 0 Å². The van der Waals surface area contributed by atoms with Crippen LogP contribution in [0.5, 0.6) is 0 Å². The Bertz CT molecular complexity index is 2480. The number of carbonyl (C=O) groups excluding carboxylic acids is 9. The van der Waals surface area contributed by atoms with E-state index < -0.39 is 120 Å². The summed E-state index contributed by atoms with van der Waals surface area (Å²) < 4.78 is 0. The molecule has 1 aromatic heterocycles. The molecule has 9 amide bonds. The molecule has 1 aromatic carbocycles. The number of rotatable bonds is 37. The highest BCUT2D eigenvalue weighted by Crippen LogP contribution is 2.22. The fourth-order valence-corrected chi connectivity index (χ4v) is 9.94. The minimum atomic E-state index is -1.51. The maximum absolute atomic E-state index is 14.4. The summed E-state index contributed by atoms with van der Waals surface area (Å²) in [6, 6.07) is -3.84. The number of para-hydroxylation sites is 1. The second-order valence-electron chi connectivity index (χ2n) is 20.8. The first-order chi connectivity index (χ1) is 38.5. The monoisotopic (exact) mass is 1170 g/mol. The zero-order chi connectivity index (χ0) is 60.3.